The van der Waals surface area contributed by atoms with E-state index in [9.17, 15) is 8.42 Å². The summed E-state index contributed by atoms with van der Waals surface area (Å²) >= 11 is 0. The van der Waals surface area contributed by atoms with Gasteiger partial charge >= 0.3 is 0 Å². The van der Waals surface area contributed by atoms with E-state index in [0.29, 0.717) is 18.0 Å². The van der Waals surface area contributed by atoms with E-state index in [0.717, 1.165) is 41.3 Å². The molecule has 3 heterocycles. The van der Waals surface area contributed by atoms with Gasteiger partial charge in [0.25, 0.3) is 0 Å². The number of fused-ring (bicyclic) bond motifs is 1. The Labute approximate surface area is 172 Å². The number of benzene rings is 1. The first-order chi connectivity index (χ1) is 13.8. The molecule has 7 nitrogen and oxygen atoms in total. The average Bonchev–Trinajstić information content (AvgIpc) is 3.11. The van der Waals surface area contributed by atoms with E-state index in [1.54, 1.807) is 16.4 Å². The van der Waals surface area contributed by atoms with E-state index in [1.165, 1.54) is 0 Å². The molecule has 0 aliphatic carbocycles. The summed E-state index contributed by atoms with van der Waals surface area (Å²) in [7, 11) is 0.536. The molecule has 3 aromatic rings. The van der Waals surface area contributed by atoms with Gasteiger partial charge in [-0.2, -0.15) is 13.9 Å². The average molecular weight is 414 g/mol. The van der Waals surface area contributed by atoms with Gasteiger partial charge in [0.05, 0.1) is 10.6 Å². The maximum atomic E-state index is 12.9. The number of aryl methyl sites for hydroxylation is 2. The van der Waals surface area contributed by atoms with E-state index in [4.69, 9.17) is 5.10 Å². The van der Waals surface area contributed by atoms with E-state index in [1.807, 2.05) is 61.6 Å². The van der Waals surface area contributed by atoms with Crippen LogP contribution in [0.2, 0.25) is 0 Å². The van der Waals surface area contributed by atoms with E-state index >= 15 is 0 Å². The lowest BCUT2D eigenvalue weighted by Gasteiger charge is -2.30. The normalized spacial score (nSPS) is 16.4. The van der Waals surface area contributed by atoms with Crippen LogP contribution in [0.25, 0.3) is 5.65 Å². The summed E-state index contributed by atoms with van der Waals surface area (Å²) in [5.41, 5.74) is 3.82. The van der Waals surface area contributed by atoms with Crippen LogP contribution in [0.3, 0.4) is 0 Å². The van der Waals surface area contributed by atoms with Crippen molar-refractivity contribution < 1.29 is 8.42 Å². The topological polar surface area (TPSA) is 70.8 Å². The van der Waals surface area contributed by atoms with Crippen LogP contribution in [0.5, 0.6) is 0 Å². The Morgan fingerprint density at radius 2 is 1.69 bits per heavy atom. The van der Waals surface area contributed by atoms with Crippen molar-refractivity contribution in [3.63, 3.8) is 0 Å². The molecule has 0 unspecified atom stereocenters. The number of sulfonamides is 1. The minimum absolute atomic E-state index is 0.233. The third kappa shape index (κ3) is 3.74. The standard InChI is InChI=1S/C21H27N5O2S/c1-15-5-7-18(8-6-15)29(27,28)25-11-9-17(10-12-25)19-14-20-22-16(2)13-21(24(3)4)26(20)23-19/h5-8,13-14,17H,9-12H2,1-4H3. The lowest BCUT2D eigenvalue weighted by molar-refractivity contribution is 0.316. The Kier molecular flexibility index (Phi) is 5.08. The quantitative estimate of drug-likeness (QED) is 0.658. The summed E-state index contributed by atoms with van der Waals surface area (Å²) in [4.78, 5) is 6.99. The molecule has 1 aliphatic rings. The first kappa shape index (κ1) is 19.8. The number of anilines is 1. The van der Waals surface area contributed by atoms with Crippen molar-refractivity contribution in [1.82, 2.24) is 18.9 Å². The third-order valence-electron chi connectivity index (χ3n) is 5.54. The number of piperidine rings is 1. The van der Waals surface area contributed by atoms with Crippen molar-refractivity contribution in [2.75, 3.05) is 32.1 Å². The number of rotatable bonds is 4. The van der Waals surface area contributed by atoms with Crippen LogP contribution in [0.4, 0.5) is 5.82 Å². The van der Waals surface area contributed by atoms with Crippen LogP contribution in [0.15, 0.2) is 41.3 Å². The van der Waals surface area contributed by atoms with Crippen molar-refractivity contribution in [3.8, 4) is 0 Å². The Hall–Kier alpha value is -2.45. The lowest BCUT2D eigenvalue weighted by atomic mass is 9.95. The Morgan fingerprint density at radius 1 is 1.03 bits per heavy atom. The van der Waals surface area contributed by atoms with Crippen molar-refractivity contribution in [2.24, 2.45) is 0 Å². The molecule has 8 heteroatoms. The van der Waals surface area contributed by atoms with E-state index < -0.39 is 10.0 Å². The SMILES string of the molecule is Cc1ccc(S(=O)(=O)N2CCC(c3cc4nc(C)cc(N(C)C)n4n3)CC2)cc1. The van der Waals surface area contributed by atoms with Gasteiger partial charge in [-0.3, -0.25) is 0 Å². The number of nitrogens with zero attached hydrogens (tertiary/aromatic N) is 5. The molecule has 154 valence electrons. The van der Waals surface area contributed by atoms with Crippen LogP contribution < -0.4 is 4.90 Å². The summed E-state index contributed by atoms with van der Waals surface area (Å²) in [6.07, 6.45) is 1.51. The molecular formula is C21H27N5O2S. The second kappa shape index (κ2) is 7.42. The maximum Gasteiger partial charge on any atom is 0.243 e. The van der Waals surface area contributed by atoms with Crippen LogP contribution in [-0.2, 0) is 10.0 Å². The predicted molar refractivity (Wildman–Crippen MR) is 114 cm³/mol. The summed E-state index contributed by atoms with van der Waals surface area (Å²) in [5.74, 6) is 1.22. The van der Waals surface area contributed by atoms with Crippen LogP contribution in [-0.4, -0.2) is 54.5 Å². The first-order valence-corrected chi connectivity index (χ1v) is 11.3. The Bertz CT molecular complexity index is 1130. The molecule has 0 N–H and O–H groups in total. The van der Waals surface area contributed by atoms with Gasteiger partial charge in [-0.15, -0.1) is 0 Å². The monoisotopic (exact) mass is 413 g/mol. The molecule has 0 atom stereocenters. The highest BCUT2D eigenvalue weighted by Crippen LogP contribution is 2.31. The fourth-order valence-corrected chi connectivity index (χ4v) is 5.34. The zero-order valence-electron chi connectivity index (χ0n) is 17.3. The zero-order chi connectivity index (χ0) is 20.8. The minimum Gasteiger partial charge on any atom is -0.363 e. The zero-order valence-corrected chi connectivity index (χ0v) is 18.1. The number of hydrogen-bond donors (Lipinski definition) is 0. The first-order valence-electron chi connectivity index (χ1n) is 9.87. The van der Waals surface area contributed by atoms with Gasteiger partial charge in [-0.05, 0) is 38.8 Å². The molecule has 1 fully saturated rings. The van der Waals surface area contributed by atoms with Crippen molar-refractivity contribution >= 4 is 21.5 Å². The van der Waals surface area contributed by atoms with Gasteiger partial charge in [0.2, 0.25) is 10.0 Å². The third-order valence-corrected chi connectivity index (χ3v) is 7.46. The summed E-state index contributed by atoms with van der Waals surface area (Å²) in [6, 6.07) is 11.1. The molecule has 4 rings (SSSR count). The molecule has 0 saturated carbocycles. The highest BCUT2D eigenvalue weighted by molar-refractivity contribution is 7.89. The molecule has 0 spiro atoms. The van der Waals surface area contributed by atoms with Crippen LogP contribution >= 0.6 is 0 Å². The van der Waals surface area contributed by atoms with Gasteiger partial charge < -0.3 is 4.90 Å². The van der Waals surface area contributed by atoms with Crippen molar-refractivity contribution in [1.29, 1.82) is 0 Å². The van der Waals surface area contributed by atoms with Gasteiger partial charge in [0, 0.05) is 50.9 Å². The highest BCUT2D eigenvalue weighted by Gasteiger charge is 2.31. The molecule has 1 aromatic carbocycles. The summed E-state index contributed by atoms with van der Waals surface area (Å²) in [5, 5.41) is 4.80. The van der Waals surface area contributed by atoms with Crippen LogP contribution in [0, 0.1) is 13.8 Å². The van der Waals surface area contributed by atoms with Gasteiger partial charge in [0.15, 0.2) is 5.65 Å². The van der Waals surface area contributed by atoms with Gasteiger partial charge in [-0.1, -0.05) is 17.7 Å². The molecule has 2 aromatic heterocycles. The molecular weight excluding hydrogens is 386 g/mol. The summed E-state index contributed by atoms with van der Waals surface area (Å²) < 4.78 is 29.3. The summed E-state index contributed by atoms with van der Waals surface area (Å²) in [6.45, 7) is 4.94. The number of aromatic nitrogens is 3. The lowest BCUT2D eigenvalue weighted by Crippen LogP contribution is -2.38. The maximum absolute atomic E-state index is 12.9. The fraction of sp³-hybridized carbons (Fsp3) is 0.429. The van der Waals surface area contributed by atoms with E-state index in [-0.39, 0.29) is 5.92 Å². The van der Waals surface area contributed by atoms with Crippen molar-refractivity contribution in [3.05, 3.63) is 53.3 Å². The molecule has 1 saturated heterocycles. The van der Waals surface area contributed by atoms with Crippen molar-refractivity contribution in [2.45, 2.75) is 37.5 Å². The second-order valence-corrected chi connectivity index (χ2v) is 9.92. The smallest absolute Gasteiger partial charge is 0.243 e. The minimum atomic E-state index is -3.44. The van der Waals surface area contributed by atoms with E-state index in [2.05, 4.69) is 4.98 Å². The Morgan fingerprint density at radius 3 is 2.31 bits per heavy atom. The Balaban J connectivity index is 1.54. The molecule has 1 aliphatic heterocycles. The molecule has 0 bridgehead atoms. The fourth-order valence-electron chi connectivity index (χ4n) is 3.87. The molecule has 29 heavy (non-hydrogen) atoms. The van der Waals surface area contributed by atoms with Crippen LogP contribution in [0.1, 0.15) is 35.7 Å². The molecule has 0 amide bonds. The molecule has 0 radical (unpaired) electrons. The highest BCUT2D eigenvalue weighted by atomic mass is 32.2. The largest absolute Gasteiger partial charge is 0.363 e. The van der Waals surface area contributed by atoms with Gasteiger partial charge in [-0.25, -0.2) is 13.4 Å². The number of hydrogen-bond acceptors (Lipinski definition) is 5. The van der Waals surface area contributed by atoms with Gasteiger partial charge in [0.1, 0.15) is 5.82 Å². The second-order valence-electron chi connectivity index (χ2n) is 7.98. The predicted octanol–water partition coefficient (Wildman–Crippen LogP) is 2.98.